The summed E-state index contributed by atoms with van der Waals surface area (Å²) in [5, 5.41) is 0. The summed E-state index contributed by atoms with van der Waals surface area (Å²) in [6.07, 6.45) is 2.76. The number of hydrogen-bond acceptors (Lipinski definition) is 4. The van der Waals surface area contributed by atoms with Crippen molar-refractivity contribution >= 4 is 17.9 Å². The third-order valence-electron chi connectivity index (χ3n) is 4.31. The highest BCUT2D eigenvalue weighted by atomic mass is 16.5. The number of amides is 1. The van der Waals surface area contributed by atoms with Crippen molar-refractivity contribution in [1.29, 1.82) is 0 Å². The molecule has 23 heavy (non-hydrogen) atoms. The first-order valence-electron chi connectivity index (χ1n) is 8.33. The SMILES string of the molecule is CCCN1C(=O)C(CC)(CC)Oc2c(OCC)cc(C=O)cc21. The molecule has 126 valence electrons. The van der Waals surface area contributed by atoms with E-state index in [9.17, 15) is 9.59 Å². The molecule has 0 aromatic heterocycles. The van der Waals surface area contributed by atoms with Crippen LogP contribution in [0.25, 0.3) is 0 Å². The van der Waals surface area contributed by atoms with E-state index in [0.29, 0.717) is 48.7 Å². The lowest BCUT2D eigenvalue weighted by atomic mass is 9.92. The van der Waals surface area contributed by atoms with Crippen LogP contribution < -0.4 is 14.4 Å². The minimum absolute atomic E-state index is 0.0395. The number of nitrogens with zero attached hydrogens (tertiary/aromatic N) is 1. The first-order valence-corrected chi connectivity index (χ1v) is 8.33. The van der Waals surface area contributed by atoms with E-state index in [1.54, 1.807) is 17.0 Å². The number of aldehydes is 1. The normalized spacial score (nSPS) is 15.8. The average molecular weight is 319 g/mol. The molecular formula is C18H25NO4. The molecule has 0 atom stereocenters. The number of ether oxygens (including phenoxy) is 2. The van der Waals surface area contributed by atoms with Gasteiger partial charge >= 0.3 is 0 Å². The summed E-state index contributed by atoms with van der Waals surface area (Å²) in [5.41, 5.74) is 0.240. The van der Waals surface area contributed by atoms with Gasteiger partial charge in [-0.15, -0.1) is 0 Å². The lowest BCUT2D eigenvalue weighted by Crippen LogP contribution is -2.55. The third kappa shape index (κ3) is 2.92. The third-order valence-corrected chi connectivity index (χ3v) is 4.31. The number of rotatable bonds is 7. The molecule has 0 aliphatic carbocycles. The zero-order valence-corrected chi connectivity index (χ0v) is 14.3. The summed E-state index contributed by atoms with van der Waals surface area (Å²) in [6.45, 7) is 8.86. The number of anilines is 1. The molecule has 0 saturated carbocycles. The molecule has 0 fully saturated rings. The Labute approximate surface area is 137 Å². The number of fused-ring (bicyclic) bond motifs is 1. The molecule has 0 unspecified atom stereocenters. The summed E-state index contributed by atoms with van der Waals surface area (Å²) < 4.78 is 11.8. The van der Waals surface area contributed by atoms with Gasteiger partial charge in [0.1, 0.15) is 6.29 Å². The monoisotopic (exact) mass is 319 g/mol. The lowest BCUT2D eigenvalue weighted by molar-refractivity contribution is -0.136. The molecule has 1 aromatic carbocycles. The van der Waals surface area contributed by atoms with Crippen molar-refractivity contribution in [3.05, 3.63) is 17.7 Å². The zero-order chi connectivity index (χ0) is 17.0. The molecule has 1 heterocycles. The van der Waals surface area contributed by atoms with E-state index in [1.807, 2.05) is 27.7 Å². The summed E-state index contributed by atoms with van der Waals surface area (Å²) in [7, 11) is 0. The Morgan fingerprint density at radius 3 is 2.43 bits per heavy atom. The Bertz CT molecular complexity index is 593. The second kappa shape index (κ2) is 7.02. The van der Waals surface area contributed by atoms with Crippen molar-refractivity contribution in [3.63, 3.8) is 0 Å². The Morgan fingerprint density at radius 1 is 1.22 bits per heavy atom. The molecule has 1 aliphatic rings. The largest absolute Gasteiger partial charge is 0.490 e. The molecule has 5 nitrogen and oxygen atoms in total. The highest BCUT2D eigenvalue weighted by Crippen LogP contribution is 2.46. The second-order valence-electron chi connectivity index (χ2n) is 5.68. The smallest absolute Gasteiger partial charge is 0.271 e. The molecule has 1 amide bonds. The molecule has 5 heteroatoms. The van der Waals surface area contributed by atoms with Crippen molar-refractivity contribution in [2.45, 2.75) is 52.6 Å². The van der Waals surface area contributed by atoms with Crippen molar-refractivity contribution in [2.24, 2.45) is 0 Å². The first kappa shape index (κ1) is 17.3. The molecule has 1 aliphatic heterocycles. The van der Waals surface area contributed by atoms with Crippen LogP contribution in [0.2, 0.25) is 0 Å². The van der Waals surface area contributed by atoms with Gasteiger partial charge in [-0.25, -0.2) is 0 Å². The minimum Gasteiger partial charge on any atom is -0.490 e. The number of carbonyl (C=O) groups excluding carboxylic acids is 2. The Balaban J connectivity index is 2.66. The van der Waals surface area contributed by atoms with Crippen LogP contribution in [0.15, 0.2) is 12.1 Å². The Kier molecular flexibility index (Phi) is 5.29. The van der Waals surface area contributed by atoms with Gasteiger partial charge in [0.2, 0.25) is 0 Å². The molecule has 0 saturated heterocycles. The number of carbonyl (C=O) groups is 2. The fourth-order valence-electron chi connectivity index (χ4n) is 2.98. The van der Waals surface area contributed by atoms with Gasteiger partial charge in [-0.1, -0.05) is 20.8 Å². The summed E-state index contributed by atoms with van der Waals surface area (Å²) >= 11 is 0. The molecule has 0 bridgehead atoms. The molecule has 1 aromatic rings. The van der Waals surface area contributed by atoms with E-state index < -0.39 is 5.60 Å². The maximum Gasteiger partial charge on any atom is 0.271 e. The highest BCUT2D eigenvalue weighted by Gasteiger charge is 2.46. The van der Waals surface area contributed by atoms with Gasteiger partial charge in [0.05, 0.1) is 12.3 Å². The van der Waals surface area contributed by atoms with Gasteiger partial charge in [-0.05, 0) is 38.3 Å². The highest BCUT2D eigenvalue weighted by molar-refractivity contribution is 6.04. The van der Waals surface area contributed by atoms with Crippen LogP contribution in [0.4, 0.5) is 5.69 Å². The van der Waals surface area contributed by atoms with Crippen LogP contribution in [-0.4, -0.2) is 30.9 Å². The van der Waals surface area contributed by atoms with Crippen LogP contribution in [-0.2, 0) is 4.79 Å². The molecular weight excluding hydrogens is 294 g/mol. The van der Waals surface area contributed by atoms with Crippen LogP contribution >= 0.6 is 0 Å². The fourth-order valence-corrected chi connectivity index (χ4v) is 2.98. The van der Waals surface area contributed by atoms with Gasteiger partial charge in [-0.3, -0.25) is 9.59 Å². The summed E-state index contributed by atoms with van der Waals surface area (Å²) in [6, 6.07) is 3.37. The molecule has 0 spiro atoms. The van der Waals surface area contributed by atoms with Crippen LogP contribution in [0.3, 0.4) is 0 Å². The molecule has 2 rings (SSSR count). The van der Waals surface area contributed by atoms with E-state index in [0.717, 1.165) is 12.7 Å². The first-order chi connectivity index (χ1) is 11.1. The van der Waals surface area contributed by atoms with Crippen molar-refractivity contribution < 1.29 is 19.1 Å². The van der Waals surface area contributed by atoms with E-state index in [2.05, 4.69) is 0 Å². The second-order valence-corrected chi connectivity index (χ2v) is 5.68. The maximum atomic E-state index is 13.0. The van der Waals surface area contributed by atoms with E-state index in [4.69, 9.17) is 9.47 Å². The van der Waals surface area contributed by atoms with Crippen molar-refractivity contribution in [1.82, 2.24) is 0 Å². The predicted octanol–water partition coefficient (Wildman–Crippen LogP) is 3.59. The lowest BCUT2D eigenvalue weighted by Gasteiger charge is -2.42. The van der Waals surface area contributed by atoms with E-state index in [-0.39, 0.29) is 5.91 Å². The maximum absolute atomic E-state index is 13.0. The number of hydrogen-bond donors (Lipinski definition) is 0. The van der Waals surface area contributed by atoms with E-state index >= 15 is 0 Å². The zero-order valence-electron chi connectivity index (χ0n) is 14.3. The van der Waals surface area contributed by atoms with Crippen molar-refractivity contribution in [2.75, 3.05) is 18.1 Å². The minimum atomic E-state index is -0.864. The quantitative estimate of drug-likeness (QED) is 0.721. The number of benzene rings is 1. The van der Waals surface area contributed by atoms with Gasteiger partial charge in [-0.2, -0.15) is 0 Å². The van der Waals surface area contributed by atoms with Gasteiger partial charge in [0, 0.05) is 12.1 Å². The fraction of sp³-hybridized carbons (Fsp3) is 0.556. The van der Waals surface area contributed by atoms with E-state index in [1.165, 1.54) is 0 Å². The van der Waals surface area contributed by atoms with Crippen LogP contribution in [0, 0.1) is 0 Å². The summed E-state index contributed by atoms with van der Waals surface area (Å²) in [4.78, 5) is 26.0. The Hall–Kier alpha value is -2.04. The summed E-state index contributed by atoms with van der Waals surface area (Å²) in [5.74, 6) is 1.04. The average Bonchev–Trinajstić information content (AvgIpc) is 2.57. The molecule has 0 N–H and O–H groups in total. The predicted molar refractivity (Wildman–Crippen MR) is 89.6 cm³/mol. The molecule has 0 radical (unpaired) electrons. The van der Waals surface area contributed by atoms with Crippen LogP contribution in [0.1, 0.15) is 57.3 Å². The van der Waals surface area contributed by atoms with Crippen LogP contribution in [0.5, 0.6) is 11.5 Å². The standard InChI is InChI=1S/C18H25NO4/c1-5-9-19-14-10-13(12-20)11-15(22-8-4)16(14)23-18(6-2,7-3)17(19)21/h10-12H,5-9H2,1-4H3. The van der Waals surface area contributed by atoms with Crippen molar-refractivity contribution in [3.8, 4) is 11.5 Å². The van der Waals surface area contributed by atoms with Gasteiger partial charge < -0.3 is 14.4 Å². The Morgan fingerprint density at radius 2 is 1.91 bits per heavy atom. The van der Waals surface area contributed by atoms with Gasteiger partial charge in [0.25, 0.3) is 5.91 Å². The van der Waals surface area contributed by atoms with Gasteiger partial charge in [0.15, 0.2) is 17.1 Å². The topological polar surface area (TPSA) is 55.8 Å².